The van der Waals surface area contributed by atoms with Crippen LogP contribution in [0.4, 0.5) is 4.39 Å². The summed E-state index contributed by atoms with van der Waals surface area (Å²) in [6.45, 7) is 1.78. The molecule has 0 N–H and O–H groups in total. The van der Waals surface area contributed by atoms with Crippen LogP contribution in [0.25, 0.3) is 0 Å². The van der Waals surface area contributed by atoms with Gasteiger partial charge in [0.1, 0.15) is 18.2 Å². The third kappa shape index (κ3) is 5.83. The van der Waals surface area contributed by atoms with Crippen molar-refractivity contribution < 1.29 is 23.5 Å². The largest absolute Gasteiger partial charge is 0.485 e. The van der Waals surface area contributed by atoms with Crippen molar-refractivity contribution in [1.82, 2.24) is 0 Å². The number of carbonyl (C=O) groups excluding carboxylic acids is 2. The normalized spacial score (nSPS) is 10.1. The van der Waals surface area contributed by atoms with Crippen LogP contribution < -0.4 is 4.74 Å². The summed E-state index contributed by atoms with van der Waals surface area (Å²) in [7, 11) is 0. The van der Waals surface area contributed by atoms with Crippen molar-refractivity contribution in [2.24, 2.45) is 0 Å². The molecule has 6 heteroatoms. The zero-order valence-corrected chi connectivity index (χ0v) is 12.0. The van der Waals surface area contributed by atoms with Crippen LogP contribution in [0.5, 0.6) is 5.75 Å². The molecule has 0 bridgehead atoms. The first-order chi connectivity index (χ1) is 9.02. The smallest absolute Gasteiger partial charge is 0.306 e. The molecular weight excluding hydrogens is 319 g/mol. The molecule has 0 fully saturated rings. The molecule has 0 saturated heterocycles. The maximum absolute atomic E-state index is 13.0. The van der Waals surface area contributed by atoms with Gasteiger partial charge in [0.05, 0.1) is 17.5 Å². The molecule has 0 radical (unpaired) electrons. The van der Waals surface area contributed by atoms with Gasteiger partial charge in [0.25, 0.3) is 0 Å². The molecular formula is C13H14BrFO4. The van der Waals surface area contributed by atoms with E-state index in [4.69, 9.17) is 9.47 Å². The zero-order valence-electron chi connectivity index (χ0n) is 10.4. The van der Waals surface area contributed by atoms with E-state index in [0.29, 0.717) is 11.1 Å². The molecule has 1 aromatic carbocycles. The summed E-state index contributed by atoms with van der Waals surface area (Å²) in [6, 6.07) is 3.95. The standard InChI is InChI=1S/C13H14BrFO4/c1-2-18-13(17)6-4-10(16)8-19-12-7-9(15)3-5-11(12)14/h3,5,7H,2,4,6,8H2,1H3. The summed E-state index contributed by atoms with van der Waals surface area (Å²) >= 11 is 3.19. The first-order valence-corrected chi connectivity index (χ1v) is 6.57. The van der Waals surface area contributed by atoms with Crippen molar-refractivity contribution in [3.63, 3.8) is 0 Å². The van der Waals surface area contributed by atoms with Crippen molar-refractivity contribution in [2.75, 3.05) is 13.2 Å². The number of hydrogen-bond acceptors (Lipinski definition) is 4. The van der Waals surface area contributed by atoms with Crippen LogP contribution in [-0.2, 0) is 14.3 Å². The molecule has 1 aromatic rings. The van der Waals surface area contributed by atoms with E-state index in [9.17, 15) is 14.0 Å². The Morgan fingerprint density at radius 3 is 2.74 bits per heavy atom. The Balaban J connectivity index is 2.38. The summed E-state index contributed by atoms with van der Waals surface area (Å²) in [4.78, 5) is 22.5. The Hall–Kier alpha value is -1.43. The Bertz CT molecular complexity index is 462. The van der Waals surface area contributed by atoms with Gasteiger partial charge in [-0.05, 0) is 35.0 Å². The van der Waals surface area contributed by atoms with Crippen molar-refractivity contribution in [2.45, 2.75) is 19.8 Å². The first-order valence-electron chi connectivity index (χ1n) is 5.78. The lowest BCUT2D eigenvalue weighted by Crippen LogP contribution is -2.14. The second-order valence-electron chi connectivity index (χ2n) is 3.71. The second-order valence-corrected chi connectivity index (χ2v) is 4.56. The van der Waals surface area contributed by atoms with E-state index in [1.807, 2.05) is 0 Å². The van der Waals surface area contributed by atoms with Crippen molar-refractivity contribution in [3.8, 4) is 5.75 Å². The molecule has 0 spiro atoms. The average molecular weight is 333 g/mol. The molecule has 0 heterocycles. The van der Waals surface area contributed by atoms with Crippen molar-refractivity contribution >= 4 is 27.7 Å². The minimum absolute atomic E-state index is 0.0281. The van der Waals surface area contributed by atoms with E-state index < -0.39 is 11.8 Å². The van der Waals surface area contributed by atoms with Gasteiger partial charge in [0.15, 0.2) is 5.78 Å². The molecule has 0 aliphatic heterocycles. The maximum Gasteiger partial charge on any atom is 0.306 e. The molecule has 0 saturated carbocycles. The van der Waals surface area contributed by atoms with Crippen molar-refractivity contribution in [3.05, 3.63) is 28.5 Å². The average Bonchev–Trinajstić information content (AvgIpc) is 2.38. The zero-order chi connectivity index (χ0) is 14.3. The van der Waals surface area contributed by atoms with E-state index >= 15 is 0 Å². The highest BCUT2D eigenvalue weighted by Crippen LogP contribution is 2.25. The molecule has 1 rings (SSSR count). The number of ketones is 1. The van der Waals surface area contributed by atoms with Crippen LogP contribution in [0.3, 0.4) is 0 Å². The van der Waals surface area contributed by atoms with E-state index in [2.05, 4.69) is 15.9 Å². The van der Waals surface area contributed by atoms with Gasteiger partial charge in [0, 0.05) is 12.5 Å². The molecule has 0 aliphatic rings. The monoisotopic (exact) mass is 332 g/mol. The summed E-state index contributed by atoms with van der Waals surface area (Å²) in [5.74, 6) is -0.853. The number of rotatable bonds is 7. The van der Waals surface area contributed by atoms with Gasteiger partial charge in [-0.15, -0.1) is 0 Å². The number of halogens is 2. The van der Waals surface area contributed by atoms with E-state index in [1.165, 1.54) is 18.2 Å². The number of ether oxygens (including phenoxy) is 2. The fourth-order valence-corrected chi connectivity index (χ4v) is 1.65. The number of hydrogen-bond donors (Lipinski definition) is 0. The summed E-state index contributed by atoms with van der Waals surface area (Å²) < 4.78 is 23.4. The molecule has 0 atom stereocenters. The van der Waals surface area contributed by atoms with E-state index in [1.54, 1.807) is 6.92 Å². The van der Waals surface area contributed by atoms with Gasteiger partial charge in [-0.2, -0.15) is 0 Å². The molecule has 0 unspecified atom stereocenters. The number of benzene rings is 1. The molecule has 19 heavy (non-hydrogen) atoms. The fraction of sp³-hybridized carbons (Fsp3) is 0.385. The van der Waals surface area contributed by atoms with Gasteiger partial charge in [0.2, 0.25) is 0 Å². The Morgan fingerprint density at radius 2 is 2.05 bits per heavy atom. The van der Waals surface area contributed by atoms with Gasteiger partial charge in [-0.1, -0.05) is 0 Å². The Morgan fingerprint density at radius 1 is 1.32 bits per heavy atom. The van der Waals surface area contributed by atoms with Crippen molar-refractivity contribution in [1.29, 1.82) is 0 Å². The van der Waals surface area contributed by atoms with Crippen LogP contribution in [0.15, 0.2) is 22.7 Å². The highest BCUT2D eigenvalue weighted by atomic mass is 79.9. The highest BCUT2D eigenvalue weighted by Gasteiger charge is 2.10. The topological polar surface area (TPSA) is 52.6 Å². The van der Waals surface area contributed by atoms with Crippen LogP contribution in [0.2, 0.25) is 0 Å². The van der Waals surface area contributed by atoms with Gasteiger partial charge < -0.3 is 9.47 Å². The highest BCUT2D eigenvalue weighted by molar-refractivity contribution is 9.10. The van der Waals surface area contributed by atoms with Gasteiger partial charge in [-0.25, -0.2) is 4.39 Å². The van der Waals surface area contributed by atoms with E-state index in [0.717, 1.165) is 0 Å². The molecule has 0 aromatic heterocycles. The fourth-order valence-electron chi connectivity index (χ4n) is 1.29. The number of Topliss-reactive ketones (excluding diaryl/α,β-unsaturated/α-hetero) is 1. The lowest BCUT2D eigenvalue weighted by molar-refractivity contribution is -0.144. The SMILES string of the molecule is CCOC(=O)CCC(=O)COc1cc(F)ccc1Br. The third-order valence-corrected chi connectivity index (χ3v) is 2.85. The minimum atomic E-state index is -0.447. The molecule has 104 valence electrons. The molecule has 0 amide bonds. The van der Waals surface area contributed by atoms with Gasteiger partial charge in [-0.3, -0.25) is 9.59 Å². The summed E-state index contributed by atoms with van der Waals surface area (Å²) in [5.41, 5.74) is 0. The van der Waals surface area contributed by atoms with Gasteiger partial charge >= 0.3 is 5.97 Å². The van der Waals surface area contributed by atoms with Crippen LogP contribution in [0, 0.1) is 5.82 Å². The summed E-state index contributed by atoms with van der Waals surface area (Å²) in [5, 5.41) is 0. The van der Waals surface area contributed by atoms with E-state index in [-0.39, 0.29) is 31.0 Å². The lowest BCUT2D eigenvalue weighted by Gasteiger charge is -2.07. The van der Waals surface area contributed by atoms with Crippen LogP contribution in [-0.4, -0.2) is 25.0 Å². The third-order valence-electron chi connectivity index (χ3n) is 2.20. The number of carbonyl (C=O) groups is 2. The second kappa shape index (κ2) is 7.89. The molecule has 4 nitrogen and oxygen atoms in total. The first kappa shape index (κ1) is 15.6. The minimum Gasteiger partial charge on any atom is -0.485 e. The van der Waals surface area contributed by atoms with Crippen LogP contribution >= 0.6 is 15.9 Å². The maximum atomic E-state index is 13.0. The van der Waals surface area contributed by atoms with Crippen LogP contribution in [0.1, 0.15) is 19.8 Å². The summed E-state index contributed by atoms with van der Waals surface area (Å²) in [6.07, 6.45) is 0.0755. The quantitative estimate of drug-likeness (QED) is 0.720. The predicted octanol–water partition coefficient (Wildman–Crippen LogP) is 2.88. The Kier molecular flexibility index (Phi) is 6.49. The number of esters is 1. The Labute approximate surface area is 119 Å². The predicted molar refractivity (Wildman–Crippen MR) is 70.5 cm³/mol. The molecule has 0 aliphatic carbocycles. The lowest BCUT2D eigenvalue weighted by atomic mass is 10.2.